The molecule has 146 valence electrons. The summed E-state index contributed by atoms with van der Waals surface area (Å²) < 4.78 is 44.1. The number of aliphatic imine (C=N–C) groups is 1. The molecule has 0 bridgehead atoms. The molecule has 0 aromatic heterocycles. The molecule has 0 amide bonds. The maximum absolute atomic E-state index is 12.8. The van der Waals surface area contributed by atoms with E-state index < -0.39 is 11.7 Å². The molecule has 0 radical (unpaired) electrons. The first-order valence-electron chi connectivity index (χ1n) is 8.54. The molecular formula is C18H25F3IN3O. The van der Waals surface area contributed by atoms with E-state index in [1.807, 2.05) is 0 Å². The van der Waals surface area contributed by atoms with Crippen LogP contribution in [0.4, 0.5) is 13.2 Å². The molecule has 3 rings (SSSR count). The van der Waals surface area contributed by atoms with Crippen molar-refractivity contribution in [3.8, 4) is 0 Å². The molecule has 0 spiro atoms. The smallest absolute Gasteiger partial charge is 0.377 e. The Morgan fingerprint density at radius 1 is 1.38 bits per heavy atom. The van der Waals surface area contributed by atoms with Gasteiger partial charge in [-0.15, -0.1) is 24.0 Å². The van der Waals surface area contributed by atoms with Gasteiger partial charge in [-0.3, -0.25) is 0 Å². The van der Waals surface area contributed by atoms with E-state index in [0.717, 1.165) is 31.6 Å². The van der Waals surface area contributed by atoms with E-state index >= 15 is 0 Å². The van der Waals surface area contributed by atoms with Crippen LogP contribution in [0.2, 0.25) is 0 Å². The molecule has 1 saturated heterocycles. The van der Waals surface area contributed by atoms with Crippen LogP contribution in [-0.2, 0) is 17.5 Å². The third-order valence-electron chi connectivity index (χ3n) is 5.32. The van der Waals surface area contributed by atoms with E-state index in [1.165, 1.54) is 6.07 Å². The number of hydrogen-bond acceptors (Lipinski definition) is 2. The van der Waals surface area contributed by atoms with Gasteiger partial charge in [0.1, 0.15) is 0 Å². The summed E-state index contributed by atoms with van der Waals surface area (Å²) in [5.74, 6) is 0.672. The van der Waals surface area contributed by atoms with E-state index in [-0.39, 0.29) is 54.0 Å². The molecule has 1 heterocycles. The van der Waals surface area contributed by atoms with Crippen molar-refractivity contribution in [2.24, 2.45) is 22.1 Å². The molecule has 1 aliphatic carbocycles. The topological polar surface area (TPSA) is 59.6 Å². The van der Waals surface area contributed by atoms with Gasteiger partial charge in [0, 0.05) is 24.0 Å². The van der Waals surface area contributed by atoms with Crippen LogP contribution in [0.15, 0.2) is 29.3 Å². The largest absolute Gasteiger partial charge is 0.416 e. The fourth-order valence-electron chi connectivity index (χ4n) is 4.04. The summed E-state index contributed by atoms with van der Waals surface area (Å²) in [7, 11) is 0. The average Bonchev–Trinajstić information content (AvgIpc) is 2.57. The molecule has 2 fully saturated rings. The molecule has 8 heteroatoms. The zero-order valence-corrected chi connectivity index (χ0v) is 17.2. The van der Waals surface area contributed by atoms with Crippen LogP contribution in [0.1, 0.15) is 37.8 Å². The second-order valence-corrected chi connectivity index (χ2v) is 7.44. The van der Waals surface area contributed by atoms with Crippen molar-refractivity contribution >= 4 is 29.9 Å². The van der Waals surface area contributed by atoms with Crippen LogP contribution >= 0.6 is 24.0 Å². The lowest BCUT2D eigenvalue weighted by Gasteiger charge is -2.60. The predicted octanol–water partition coefficient (Wildman–Crippen LogP) is 3.93. The second kappa shape index (κ2) is 7.92. The van der Waals surface area contributed by atoms with Gasteiger partial charge in [-0.1, -0.05) is 26.0 Å². The van der Waals surface area contributed by atoms with Crippen molar-refractivity contribution in [1.82, 2.24) is 5.32 Å². The molecule has 4 nitrogen and oxygen atoms in total. The van der Waals surface area contributed by atoms with Crippen LogP contribution in [0, 0.1) is 11.3 Å². The maximum atomic E-state index is 12.8. The summed E-state index contributed by atoms with van der Waals surface area (Å²) in [5, 5.41) is 3.25. The first-order chi connectivity index (χ1) is 11.7. The average molecular weight is 483 g/mol. The lowest BCUT2D eigenvalue weighted by atomic mass is 9.55. The number of fused-ring (bicyclic) bond motifs is 1. The number of alkyl halides is 3. The number of benzene rings is 1. The third-order valence-corrected chi connectivity index (χ3v) is 5.32. The van der Waals surface area contributed by atoms with Crippen molar-refractivity contribution in [1.29, 1.82) is 0 Å². The Kier molecular flexibility index (Phi) is 6.48. The summed E-state index contributed by atoms with van der Waals surface area (Å²) in [6.45, 7) is 5.19. The molecule has 1 aliphatic heterocycles. The van der Waals surface area contributed by atoms with Crippen molar-refractivity contribution in [3.05, 3.63) is 35.4 Å². The van der Waals surface area contributed by atoms with Crippen LogP contribution in [-0.4, -0.2) is 24.7 Å². The van der Waals surface area contributed by atoms with Gasteiger partial charge >= 0.3 is 6.18 Å². The van der Waals surface area contributed by atoms with Crippen LogP contribution < -0.4 is 11.1 Å². The van der Waals surface area contributed by atoms with Gasteiger partial charge in [0.25, 0.3) is 0 Å². The summed E-state index contributed by atoms with van der Waals surface area (Å²) in [5.41, 5.74) is 5.74. The molecule has 2 aliphatic rings. The highest BCUT2D eigenvalue weighted by Crippen LogP contribution is 2.51. The van der Waals surface area contributed by atoms with Gasteiger partial charge in [0.05, 0.1) is 18.2 Å². The van der Waals surface area contributed by atoms with E-state index in [9.17, 15) is 13.2 Å². The Balaban J connectivity index is 0.00000243. The van der Waals surface area contributed by atoms with Crippen molar-refractivity contribution in [3.63, 3.8) is 0 Å². The first-order valence-corrected chi connectivity index (χ1v) is 8.54. The first kappa shape index (κ1) is 21.3. The number of halogens is 4. The Bertz CT molecular complexity index is 663. The Morgan fingerprint density at radius 2 is 2.12 bits per heavy atom. The van der Waals surface area contributed by atoms with Gasteiger partial charge in [-0.2, -0.15) is 13.2 Å². The van der Waals surface area contributed by atoms with Crippen molar-refractivity contribution in [2.75, 3.05) is 6.61 Å². The normalized spacial score (nSPS) is 27.7. The molecule has 3 N–H and O–H groups in total. The summed E-state index contributed by atoms with van der Waals surface area (Å²) in [6, 6.07) is 5.33. The number of guanidine groups is 1. The Labute approximate surface area is 168 Å². The van der Waals surface area contributed by atoms with E-state index in [4.69, 9.17) is 10.5 Å². The van der Waals surface area contributed by atoms with E-state index in [2.05, 4.69) is 24.2 Å². The minimum atomic E-state index is -4.35. The van der Waals surface area contributed by atoms with Gasteiger partial charge in [-0.05, 0) is 30.5 Å². The number of nitrogens with one attached hydrogen (secondary N) is 1. The minimum Gasteiger partial charge on any atom is -0.377 e. The molecular weight excluding hydrogens is 458 g/mol. The fraction of sp³-hybridized carbons (Fsp3) is 0.611. The number of hydrogen-bond donors (Lipinski definition) is 2. The monoisotopic (exact) mass is 483 g/mol. The van der Waals surface area contributed by atoms with Gasteiger partial charge in [-0.25, -0.2) is 4.99 Å². The minimum absolute atomic E-state index is 0. The third kappa shape index (κ3) is 4.27. The summed E-state index contributed by atoms with van der Waals surface area (Å²) >= 11 is 0. The Morgan fingerprint density at radius 3 is 2.81 bits per heavy atom. The maximum Gasteiger partial charge on any atom is 0.416 e. The molecule has 1 aromatic rings. The summed E-state index contributed by atoms with van der Waals surface area (Å²) in [4.78, 5) is 4.22. The van der Waals surface area contributed by atoms with Gasteiger partial charge < -0.3 is 15.8 Å². The molecule has 1 saturated carbocycles. The highest BCUT2D eigenvalue weighted by molar-refractivity contribution is 14.0. The van der Waals surface area contributed by atoms with Crippen molar-refractivity contribution in [2.45, 2.75) is 51.6 Å². The molecule has 3 atom stereocenters. The van der Waals surface area contributed by atoms with Gasteiger partial charge in [0.15, 0.2) is 5.96 Å². The Hall–Kier alpha value is -1.03. The van der Waals surface area contributed by atoms with Crippen LogP contribution in [0.3, 0.4) is 0 Å². The molecule has 1 aromatic carbocycles. The zero-order valence-electron chi connectivity index (χ0n) is 14.8. The van der Waals surface area contributed by atoms with E-state index in [0.29, 0.717) is 11.5 Å². The zero-order chi connectivity index (χ0) is 18.2. The lowest BCUT2D eigenvalue weighted by Crippen LogP contribution is -2.70. The number of rotatable bonds is 3. The van der Waals surface area contributed by atoms with Crippen LogP contribution in [0.5, 0.6) is 0 Å². The number of nitrogens with two attached hydrogens (primary N) is 1. The number of nitrogens with zero attached hydrogens (tertiary/aromatic N) is 1. The lowest BCUT2D eigenvalue weighted by molar-refractivity contribution is -0.188. The standard InChI is InChI=1S/C18H24F3N3O.HI/c1-17(2)14(13-7-4-8-25-15(13)17)24-16(22)23-10-11-5-3-6-12(9-11)18(19,20)21;/h3,5-6,9,13-15H,4,7-8,10H2,1-2H3,(H3,22,23,24);1H. The molecule has 3 unspecified atom stereocenters. The SMILES string of the molecule is CC1(C)C(NC(N)=NCc2cccc(C(F)(F)F)c2)C2CCCOC21.I. The highest BCUT2D eigenvalue weighted by Gasteiger charge is 2.58. The van der Waals surface area contributed by atoms with E-state index in [1.54, 1.807) is 6.07 Å². The fourth-order valence-corrected chi connectivity index (χ4v) is 4.04. The summed E-state index contributed by atoms with van der Waals surface area (Å²) in [6.07, 6.45) is -1.99. The highest BCUT2D eigenvalue weighted by atomic mass is 127. The number of ether oxygens (including phenoxy) is 1. The quantitative estimate of drug-likeness (QED) is 0.389. The predicted molar refractivity (Wildman–Crippen MR) is 105 cm³/mol. The van der Waals surface area contributed by atoms with Crippen molar-refractivity contribution < 1.29 is 17.9 Å². The van der Waals surface area contributed by atoms with Gasteiger partial charge in [0.2, 0.25) is 0 Å². The van der Waals surface area contributed by atoms with Crippen LogP contribution in [0.25, 0.3) is 0 Å². The molecule has 26 heavy (non-hydrogen) atoms. The second-order valence-electron chi connectivity index (χ2n) is 7.44.